The second kappa shape index (κ2) is 7.84. The van der Waals surface area contributed by atoms with E-state index in [9.17, 15) is 9.59 Å². The molecule has 0 radical (unpaired) electrons. The summed E-state index contributed by atoms with van der Waals surface area (Å²) < 4.78 is 0. The number of benzene rings is 1. The quantitative estimate of drug-likeness (QED) is 0.869. The molecule has 4 nitrogen and oxygen atoms in total. The number of thioether (sulfide) groups is 1. The summed E-state index contributed by atoms with van der Waals surface area (Å²) in [6.07, 6.45) is 2.46. The van der Waals surface area contributed by atoms with E-state index < -0.39 is 0 Å². The molecule has 1 atom stereocenters. The van der Waals surface area contributed by atoms with E-state index in [0.717, 1.165) is 29.9 Å². The summed E-state index contributed by atoms with van der Waals surface area (Å²) in [5.74, 6) is 1.27. The Morgan fingerprint density at radius 3 is 2.62 bits per heavy atom. The molecule has 4 rings (SSSR count). The summed E-state index contributed by atoms with van der Waals surface area (Å²) in [6, 6.07) is 12.2. The summed E-state index contributed by atoms with van der Waals surface area (Å²) in [5.41, 5.74) is 1.24. The zero-order valence-electron chi connectivity index (χ0n) is 14.5. The SMILES string of the molecule is O=C(N[C@@H]1CCSc2ccccc21)C1CCN(C(=O)c2cccs2)CC1. The van der Waals surface area contributed by atoms with Gasteiger partial charge in [0.1, 0.15) is 0 Å². The molecule has 2 aliphatic rings. The van der Waals surface area contributed by atoms with Gasteiger partial charge in [0.15, 0.2) is 0 Å². The number of thiophene rings is 1. The number of fused-ring (bicyclic) bond motifs is 1. The predicted molar refractivity (Wildman–Crippen MR) is 106 cm³/mol. The van der Waals surface area contributed by atoms with Crippen molar-refractivity contribution in [1.29, 1.82) is 0 Å². The van der Waals surface area contributed by atoms with Crippen LogP contribution in [-0.2, 0) is 4.79 Å². The van der Waals surface area contributed by atoms with Gasteiger partial charge in [0.05, 0.1) is 10.9 Å². The normalized spacial score (nSPS) is 20.5. The summed E-state index contributed by atoms with van der Waals surface area (Å²) >= 11 is 3.34. The van der Waals surface area contributed by atoms with Crippen molar-refractivity contribution in [3.05, 3.63) is 52.2 Å². The Bertz CT molecular complexity index is 783. The number of hydrogen-bond donors (Lipinski definition) is 1. The molecule has 26 heavy (non-hydrogen) atoms. The van der Waals surface area contributed by atoms with Crippen LogP contribution in [0.15, 0.2) is 46.7 Å². The molecule has 1 fully saturated rings. The molecule has 1 saturated heterocycles. The van der Waals surface area contributed by atoms with Crippen molar-refractivity contribution in [3.8, 4) is 0 Å². The van der Waals surface area contributed by atoms with Gasteiger partial charge in [-0.05, 0) is 42.3 Å². The lowest BCUT2D eigenvalue weighted by molar-refractivity contribution is -0.127. The van der Waals surface area contributed by atoms with Crippen LogP contribution in [0.1, 0.15) is 40.5 Å². The fourth-order valence-electron chi connectivity index (χ4n) is 3.68. The highest BCUT2D eigenvalue weighted by atomic mass is 32.2. The number of likely N-dealkylation sites (tertiary alicyclic amines) is 1. The van der Waals surface area contributed by atoms with Crippen molar-refractivity contribution in [3.63, 3.8) is 0 Å². The van der Waals surface area contributed by atoms with Gasteiger partial charge in [0.2, 0.25) is 5.91 Å². The summed E-state index contributed by atoms with van der Waals surface area (Å²) in [6.45, 7) is 1.32. The lowest BCUT2D eigenvalue weighted by Crippen LogP contribution is -2.43. The molecule has 2 aromatic rings. The van der Waals surface area contributed by atoms with Crippen molar-refractivity contribution < 1.29 is 9.59 Å². The fraction of sp³-hybridized carbons (Fsp3) is 0.400. The van der Waals surface area contributed by atoms with Crippen molar-refractivity contribution in [2.45, 2.75) is 30.2 Å². The lowest BCUT2D eigenvalue weighted by atomic mass is 9.94. The van der Waals surface area contributed by atoms with Gasteiger partial charge in [-0.2, -0.15) is 0 Å². The van der Waals surface area contributed by atoms with Crippen molar-refractivity contribution in [2.75, 3.05) is 18.8 Å². The zero-order valence-corrected chi connectivity index (χ0v) is 16.2. The highest BCUT2D eigenvalue weighted by molar-refractivity contribution is 7.99. The minimum atomic E-state index is 0.00382. The van der Waals surface area contributed by atoms with E-state index >= 15 is 0 Å². The molecule has 1 aromatic carbocycles. The third-order valence-electron chi connectivity index (χ3n) is 5.16. The van der Waals surface area contributed by atoms with Crippen molar-refractivity contribution in [2.24, 2.45) is 5.92 Å². The number of rotatable bonds is 3. The second-order valence-corrected chi connectivity index (χ2v) is 8.86. The van der Waals surface area contributed by atoms with Crippen LogP contribution in [0, 0.1) is 5.92 Å². The first-order chi connectivity index (χ1) is 12.7. The van der Waals surface area contributed by atoms with Gasteiger partial charge in [0, 0.05) is 29.7 Å². The number of nitrogens with one attached hydrogen (secondary N) is 1. The summed E-state index contributed by atoms with van der Waals surface area (Å²) in [4.78, 5) is 29.1. The number of carbonyl (C=O) groups is 2. The first-order valence-electron chi connectivity index (χ1n) is 9.07. The molecule has 2 amide bonds. The molecule has 2 aliphatic heterocycles. The van der Waals surface area contributed by atoms with E-state index in [-0.39, 0.29) is 23.8 Å². The van der Waals surface area contributed by atoms with Gasteiger partial charge >= 0.3 is 0 Å². The molecule has 0 bridgehead atoms. The van der Waals surface area contributed by atoms with E-state index in [2.05, 4.69) is 23.5 Å². The van der Waals surface area contributed by atoms with E-state index in [0.29, 0.717) is 13.1 Å². The molecule has 1 N–H and O–H groups in total. The molecule has 0 aliphatic carbocycles. The van der Waals surface area contributed by atoms with Crippen LogP contribution in [0.2, 0.25) is 0 Å². The van der Waals surface area contributed by atoms with Crippen LogP contribution < -0.4 is 5.32 Å². The molecule has 1 aromatic heterocycles. The molecule has 0 spiro atoms. The van der Waals surface area contributed by atoms with Gasteiger partial charge < -0.3 is 10.2 Å². The standard InChI is InChI=1S/C20H22N2O2S2/c23-19(21-16-9-13-26-17-5-2-1-4-15(16)17)14-7-10-22(11-8-14)20(24)18-6-3-12-25-18/h1-6,12,14,16H,7-11,13H2,(H,21,23)/t16-/m1/s1. The maximum absolute atomic E-state index is 12.8. The maximum atomic E-state index is 12.8. The molecule has 3 heterocycles. The average Bonchev–Trinajstić information content (AvgIpc) is 3.23. The molecular weight excluding hydrogens is 364 g/mol. The number of carbonyl (C=O) groups excluding carboxylic acids is 2. The third kappa shape index (κ3) is 3.67. The van der Waals surface area contributed by atoms with Gasteiger partial charge in [-0.25, -0.2) is 0 Å². The zero-order chi connectivity index (χ0) is 17.9. The lowest BCUT2D eigenvalue weighted by Gasteiger charge is -2.33. The Balaban J connectivity index is 1.34. The van der Waals surface area contributed by atoms with E-state index in [1.54, 1.807) is 0 Å². The van der Waals surface area contributed by atoms with Gasteiger partial charge in [-0.3, -0.25) is 9.59 Å². The van der Waals surface area contributed by atoms with E-state index in [1.165, 1.54) is 21.8 Å². The first-order valence-corrected chi connectivity index (χ1v) is 10.9. The highest BCUT2D eigenvalue weighted by Crippen LogP contribution is 2.36. The largest absolute Gasteiger partial charge is 0.349 e. The smallest absolute Gasteiger partial charge is 0.263 e. The maximum Gasteiger partial charge on any atom is 0.263 e. The van der Waals surface area contributed by atoms with Crippen LogP contribution in [0.4, 0.5) is 0 Å². The molecular formula is C20H22N2O2S2. The minimum Gasteiger partial charge on any atom is -0.349 e. The van der Waals surface area contributed by atoms with Crippen molar-refractivity contribution in [1.82, 2.24) is 10.2 Å². The van der Waals surface area contributed by atoms with Gasteiger partial charge in [-0.1, -0.05) is 24.3 Å². The van der Waals surface area contributed by atoms with Crippen LogP contribution >= 0.6 is 23.1 Å². The Hall–Kier alpha value is -1.79. The molecule has 6 heteroatoms. The summed E-state index contributed by atoms with van der Waals surface area (Å²) in [7, 11) is 0. The third-order valence-corrected chi connectivity index (χ3v) is 7.14. The molecule has 0 saturated carbocycles. The first kappa shape index (κ1) is 17.6. The summed E-state index contributed by atoms with van der Waals surface area (Å²) in [5, 5.41) is 5.19. The van der Waals surface area contributed by atoms with Crippen molar-refractivity contribution >= 4 is 34.9 Å². The predicted octanol–water partition coefficient (Wildman–Crippen LogP) is 3.95. The Kier molecular flexibility index (Phi) is 5.31. The number of amides is 2. The van der Waals surface area contributed by atoms with Crippen LogP contribution in [-0.4, -0.2) is 35.6 Å². The second-order valence-electron chi connectivity index (χ2n) is 6.78. The topological polar surface area (TPSA) is 49.4 Å². The van der Waals surface area contributed by atoms with Crippen LogP contribution in [0.3, 0.4) is 0 Å². The van der Waals surface area contributed by atoms with Crippen LogP contribution in [0.5, 0.6) is 0 Å². The fourth-order valence-corrected chi connectivity index (χ4v) is 5.50. The Morgan fingerprint density at radius 1 is 1.04 bits per heavy atom. The monoisotopic (exact) mass is 386 g/mol. The Morgan fingerprint density at radius 2 is 1.85 bits per heavy atom. The van der Waals surface area contributed by atoms with E-state index in [4.69, 9.17) is 0 Å². The number of nitrogens with zero attached hydrogens (tertiary/aromatic N) is 1. The van der Waals surface area contributed by atoms with Gasteiger partial charge in [-0.15, -0.1) is 23.1 Å². The van der Waals surface area contributed by atoms with Crippen LogP contribution in [0.25, 0.3) is 0 Å². The molecule has 136 valence electrons. The molecule has 0 unspecified atom stereocenters. The average molecular weight is 387 g/mol. The van der Waals surface area contributed by atoms with Gasteiger partial charge in [0.25, 0.3) is 5.91 Å². The minimum absolute atomic E-state index is 0.00382. The van der Waals surface area contributed by atoms with E-state index in [1.807, 2.05) is 40.2 Å². The number of piperidine rings is 1. The highest BCUT2D eigenvalue weighted by Gasteiger charge is 2.30. The Labute approximate surface area is 162 Å². The number of hydrogen-bond acceptors (Lipinski definition) is 4.